The van der Waals surface area contributed by atoms with Crippen LogP contribution in [0.4, 0.5) is 8.78 Å². The molecule has 0 spiro atoms. The fourth-order valence-electron chi connectivity index (χ4n) is 0.893. The largest absolute Gasteiger partial charge is 0.393 e. The van der Waals surface area contributed by atoms with Crippen molar-refractivity contribution in [2.24, 2.45) is 0 Å². The van der Waals surface area contributed by atoms with Crippen LogP contribution in [0.1, 0.15) is 26.2 Å². The van der Waals surface area contributed by atoms with Crippen molar-refractivity contribution in [1.82, 2.24) is 0 Å². The van der Waals surface area contributed by atoms with Crippen LogP contribution in [0.5, 0.6) is 0 Å². The van der Waals surface area contributed by atoms with Crippen molar-refractivity contribution < 1.29 is 18.4 Å². The molecule has 0 aromatic heterocycles. The maximum atomic E-state index is 13.0. The Kier molecular flexibility index (Phi) is 7.15. The minimum absolute atomic E-state index is 0.204. The molecule has 0 aromatic carbocycles. The molecule has 0 aliphatic carbocycles. The number of hydrogen-bond acceptors (Lipinski definition) is 3. The summed E-state index contributed by atoms with van der Waals surface area (Å²) in [5, 5.41) is 15.9. The van der Waals surface area contributed by atoms with E-state index in [0.717, 1.165) is 6.21 Å². The molecule has 0 aliphatic heterocycles. The molecule has 6 heteroatoms. The monoisotopic (exact) mass is 227 g/mol. The summed E-state index contributed by atoms with van der Waals surface area (Å²) in [6.45, 7) is 1.90. The SMILES string of the molecule is CCOPC(F)(F)CC(O)CCC=N. The average molecular weight is 227 g/mol. The third-order valence-electron chi connectivity index (χ3n) is 1.50. The number of halogens is 2. The van der Waals surface area contributed by atoms with Crippen LogP contribution in [0, 0.1) is 5.41 Å². The van der Waals surface area contributed by atoms with E-state index >= 15 is 0 Å². The normalized spacial score (nSPS) is 14.9. The maximum absolute atomic E-state index is 13.0. The predicted octanol–water partition coefficient (Wildman–Crippen LogP) is 2.39. The molecule has 0 bridgehead atoms. The molecule has 0 fully saturated rings. The number of nitrogens with one attached hydrogen (secondary N) is 1. The molecule has 14 heavy (non-hydrogen) atoms. The van der Waals surface area contributed by atoms with Gasteiger partial charge in [0.15, 0.2) is 0 Å². The van der Waals surface area contributed by atoms with Crippen LogP contribution in [-0.2, 0) is 4.52 Å². The number of alkyl halides is 2. The van der Waals surface area contributed by atoms with E-state index in [4.69, 9.17) is 5.41 Å². The lowest BCUT2D eigenvalue weighted by molar-refractivity contribution is 0.0215. The van der Waals surface area contributed by atoms with Gasteiger partial charge in [-0.2, -0.15) is 8.78 Å². The van der Waals surface area contributed by atoms with Gasteiger partial charge in [-0.25, -0.2) is 0 Å². The van der Waals surface area contributed by atoms with E-state index < -0.39 is 27.0 Å². The topological polar surface area (TPSA) is 53.3 Å². The van der Waals surface area contributed by atoms with Crippen molar-refractivity contribution in [3.63, 3.8) is 0 Å². The lowest BCUT2D eigenvalue weighted by Gasteiger charge is -2.18. The van der Waals surface area contributed by atoms with E-state index in [9.17, 15) is 13.9 Å². The fraction of sp³-hybridized carbons (Fsp3) is 0.875. The van der Waals surface area contributed by atoms with Crippen molar-refractivity contribution in [3.8, 4) is 0 Å². The van der Waals surface area contributed by atoms with Crippen molar-refractivity contribution in [3.05, 3.63) is 0 Å². The van der Waals surface area contributed by atoms with Crippen LogP contribution in [-0.4, -0.2) is 29.7 Å². The van der Waals surface area contributed by atoms with Gasteiger partial charge in [0, 0.05) is 13.0 Å². The maximum Gasteiger partial charge on any atom is 0.288 e. The van der Waals surface area contributed by atoms with Gasteiger partial charge in [-0.1, -0.05) is 0 Å². The third kappa shape index (κ3) is 7.30. The molecule has 0 radical (unpaired) electrons. The zero-order chi connectivity index (χ0) is 11.0. The highest BCUT2D eigenvalue weighted by molar-refractivity contribution is 7.33. The van der Waals surface area contributed by atoms with Gasteiger partial charge in [0.05, 0.1) is 14.9 Å². The lowest BCUT2D eigenvalue weighted by Crippen LogP contribution is -2.20. The van der Waals surface area contributed by atoms with E-state index in [1.165, 1.54) is 0 Å². The Morgan fingerprint density at radius 2 is 2.29 bits per heavy atom. The van der Waals surface area contributed by atoms with Crippen LogP contribution in [0.2, 0.25) is 0 Å². The van der Waals surface area contributed by atoms with Gasteiger partial charge in [0.1, 0.15) is 0 Å². The van der Waals surface area contributed by atoms with Crippen LogP contribution in [0.25, 0.3) is 0 Å². The first-order valence-electron chi connectivity index (χ1n) is 4.45. The second kappa shape index (κ2) is 7.21. The summed E-state index contributed by atoms with van der Waals surface area (Å²) in [7, 11) is -0.894. The molecule has 0 saturated heterocycles. The van der Waals surface area contributed by atoms with E-state index in [2.05, 4.69) is 4.52 Å². The Hall–Kier alpha value is -0.120. The standard InChI is InChI=1S/C8H16F2NO2P/c1-2-13-14-8(9,10)6-7(12)4-3-5-11/h5,7,11-12,14H,2-4,6H2,1H3. The van der Waals surface area contributed by atoms with E-state index in [0.29, 0.717) is 6.42 Å². The van der Waals surface area contributed by atoms with E-state index in [-0.39, 0.29) is 13.0 Å². The highest BCUT2D eigenvalue weighted by Gasteiger charge is 2.32. The number of aliphatic hydroxyl groups excluding tert-OH is 1. The minimum atomic E-state index is -2.95. The Morgan fingerprint density at radius 1 is 1.64 bits per heavy atom. The molecule has 0 saturated carbocycles. The molecular weight excluding hydrogens is 211 g/mol. The second-order valence-corrected chi connectivity index (χ2v) is 4.10. The number of aliphatic hydroxyl groups is 1. The molecule has 2 unspecified atom stereocenters. The predicted molar refractivity (Wildman–Crippen MR) is 53.5 cm³/mol. The number of rotatable bonds is 8. The average Bonchev–Trinajstić information content (AvgIpc) is 2.11. The van der Waals surface area contributed by atoms with Crippen molar-refractivity contribution in [2.45, 2.75) is 38.0 Å². The van der Waals surface area contributed by atoms with E-state index in [1.54, 1.807) is 6.92 Å². The van der Waals surface area contributed by atoms with Crippen LogP contribution >= 0.6 is 8.81 Å². The third-order valence-corrected chi connectivity index (χ3v) is 2.44. The zero-order valence-corrected chi connectivity index (χ0v) is 9.09. The van der Waals surface area contributed by atoms with Gasteiger partial charge in [-0.15, -0.1) is 0 Å². The summed E-state index contributed by atoms with van der Waals surface area (Å²) < 4.78 is 30.5. The van der Waals surface area contributed by atoms with Gasteiger partial charge in [-0.3, -0.25) is 0 Å². The van der Waals surface area contributed by atoms with Gasteiger partial charge >= 0.3 is 0 Å². The molecule has 0 aromatic rings. The van der Waals surface area contributed by atoms with Crippen molar-refractivity contribution >= 4 is 15.0 Å². The molecule has 0 rings (SSSR count). The molecule has 84 valence electrons. The fourth-order valence-corrected chi connectivity index (χ4v) is 1.57. The minimum Gasteiger partial charge on any atom is -0.393 e. The quantitative estimate of drug-likeness (QED) is 0.494. The first kappa shape index (κ1) is 13.9. The van der Waals surface area contributed by atoms with E-state index in [1.807, 2.05) is 0 Å². The summed E-state index contributed by atoms with van der Waals surface area (Å²) in [6, 6.07) is 0. The smallest absolute Gasteiger partial charge is 0.288 e. The Morgan fingerprint density at radius 3 is 2.79 bits per heavy atom. The van der Waals surface area contributed by atoms with Crippen molar-refractivity contribution in [2.75, 3.05) is 6.61 Å². The molecule has 2 atom stereocenters. The van der Waals surface area contributed by atoms with Crippen LogP contribution in [0.15, 0.2) is 0 Å². The first-order chi connectivity index (χ1) is 6.52. The number of hydrogen-bond donors (Lipinski definition) is 2. The second-order valence-electron chi connectivity index (χ2n) is 2.88. The summed E-state index contributed by atoms with van der Waals surface area (Å²) >= 11 is 0. The molecule has 0 aliphatic rings. The van der Waals surface area contributed by atoms with Gasteiger partial charge in [0.25, 0.3) is 5.66 Å². The Bertz CT molecular complexity index is 169. The highest BCUT2D eigenvalue weighted by atomic mass is 31.1. The molecular formula is C8H16F2NO2P. The Balaban J connectivity index is 3.75. The Labute approximate surface area is 84.2 Å². The van der Waals surface area contributed by atoms with Gasteiger partial charge < -0.3 is 15.0 Å². The van der Waals surface area contributed by atoms with Gasteiger partial charge in [-0.05, 0) is 26.0 Å². The molecule has 0 heterocycles. The summed E-state index contributed by atoms with van der Waals surface area (Å²) in [6.07, 6.45) is -0.00422. The molecule has 3 nitrogen and oxygen atoms in total. The van der Waals surface area contributed by atoms with Crippen LogP contribution < -0.4 is 0 Å². The summed E-state index contributed by atoms with van der Waals surface area (Å²) in [4.78, 5) is 0. The van der Waals surface area contributed by atoms with Crippen LogP contribution in [0.3, 0.4) is 0 Å². The summed E-state index contributed by atoms with van der Waals surface area (Å²) in [5.74, 6) is 0. The molecule has 2 N–H and O–H groups in total. The zero-order valence-electron chi connectivity index (χ0n) is 8.09. The lowest BCUT2D eigenvalue weighted by atomic mass is 10.1. The van der Waals surface area contributed by atoms with Crippen molar-refractivity contribution in [1.29, 1.82) is 5.41 Å². The molecule has 0 amide bonds. The summed E-state index contributed by atoms with van der Waals surface area (Å²) in [5.41, 5.74) is -2.95. The van der Waals surface area contributed by atoms with Gasteiger partial charge in [0.2, 0.25) is 0 Å². The first-order valence-corrected chi connectivity index (χ1v) is 5.36. The highest BCUT2D eigenvalue weighted by Crippen LogP contribution is 2.40.